The van der Waals surface area contributed by atoms with E-state index >= 15 is 0 Å². The first-order valence-electron chi connectivity index (χ1n) is 6.90. The van der Waals surface area contributed by atoms with Gasteiger partial charge in [-0.25, -0.2) is 9.48 Å². The highest BCUT2D eigenvalue weighted by molar-refractivity contribution is 6.30. The third kappa shape index (κ3) is 3.73. The summed E-state index contributed by atoms with van der Waals surface area (Å²) in [6.07, 6.45) is 0.703. The molecule has 8 heteroatoms. The number of nitrogens with zero attached hydrogens (tertiary/aromatic N) is 4. The molecule has 0 saturated heterocycles. The second-order valence-electron chi connectivity index (χ2n) is 4.95. The minimum absolute atomic E-state index is 0.0782. The molecule has 0 aliphatic rings. The molecule has 0 saturated carbocycles. The van der Waals surface area contributed by atoms with Crippen molar-refractivity contribution in [3.63, 3.8) is 0 Å². The molecule has 1 N–H and O–H groups in total. The van der Waals surface area contributed by atoms with Crippen molar-refractivity contribution < 1.29 is 14.6 Å². The fourth-order valence-electron chi connectivity index (χ4n) is 2.01. The van der Waals surface area contributed by atoms with Crippen molar-refractivity contribution in [3.8, 4) is 5.75 Å². The molecule has 1 aromatic carbocycles. The molecule has 22 heavy (non-hydrogen) atoms. The van der Waals surface area contributed by atoms with Gasteiger partial charge < -0.3 is 9.84 Å². The Morgan fingerprint density at radius 1 is 1.41 bits per heavy atom. The average molecular weight is 325 g/mol. The number of rotatable bonds is 7. The molecular weight excluding hydrogens is 308 g/mol. The number of carboxylic acids is 1. The van der Waals surface area contributed by atoms with Gasteiger partial charge in [0.05, 0.1) is 0 Å². The van der Waals surface area contributed by atoms with Gasteiger partial charge in [0.2, 0.25) is 0 Å². The number of aromatic nitrogens is 4. The third-order valence-corrected chi connectivity index (χ3v) is 3.69. The van der Waals surface area contributed by atoms with Gasteiger partial charge in [-0.2, -0.15) is 0 Å². The highest BCUT2D eigenvalue weighted by atomic mass is 35.5. The number of carboxylic acid groups (broad SMARTS) is 1. The maximum absolute atomic E-state index is 11.5. The van der Waals surface area contributed by atoms with Gasteiger partial charge in [-0.3, -0.25) is 0 Å². The zero-order valence-corrected chi connectivity index (χ0v) is 13.1. The monoisotopic (exact) mass is 324 g/mol. The SMILES string of the molecule is CCC(C)C(C(=O)O)n1nnnc1COc1ccc(Cl)cc1. The van der Waals surface area contributed by atoms with Crippen LogP contribution in [0.25, 0.3) is 0 Å². The summed E-state index contributed by atoms with van der Waals surface area (Å²) < 4.78 is 6.89. The highest BCUT2D eigenvalue weighted by Gasteiger charge is 2.29. The lowest BCUT2D eigenvalue weighted by Gasteiger charge is -2.19. The summed E-state index contributed by atoms with van der Waals surface area (Å²) in [6.45, 7) is 3.86. The summed E-state index contributed by atoms with van der Waals surface area (Å²) >= 11 is 5.81. The van der Waals surface area contributed by atoms with Crippen LogP contribution in [0.15, 0.2) is 24.3 Å². The summed E-state index contributed by atoms with van der Waals surface area (Å²) in [4.78, 5) is 11.5. The van der Waals surface area contributed by atoms with Crippen molar-refractivity contribution in [1.29, 1.82) is 0 Å². The van der Waals surface area contributed by atoms with Crippen LogP contribution in [0, 0.1) is 5.92 Å². The molecule has 118 valence electrons. The van der Waals surface area contributed by atoms with Crippen LogP contribution < -0.4 is 4.74 Å². The second kappa shape index (κ2) is 7.22. The lowest BCUT2D eigenvalue weighted by atomic mass is 9.99. The summed E-state index contributed by atoms with van der Waals surface area (Å²) in [7, 11) is 0. The van der Waals surface area contributed by atoms with Crippen LogP contribution >= 0.6 is 11.6 Å². The summed E-state index contributed by atoms with van der Waals surface area (Å²) in [5, 5.41) is 21.3. The van der Waals surface area contributed by atoms with E-state index in [4.69, 9.17) is 16.3 Å². The number of hydrogen-bond acceptors (Lipinski definition) is 5. The van der Waals surface area contributed by atoms with E-state index in [9.17, 15) is 9.90 Å². The quantitative estimate of drug-likeness (QED) is 0.841. The molecule has 1 aromatic heterocycles. The molecule has 0 aliphatic heterocycles. The van der Waals surface area contributed by atoms with Gasteiger partial charge in [0.25, 0.3) is 0 Å². The van der Waals surface area contributed by atoms with Gasteiger partial charge in [-0.1, -0.05) is 31.9 Å². The molecule has 0 aliphatic carbocycles. The Bertz CT molecular complexity index is 629. The third-order valence-electron chi connectivity index (χ3n) is 3.44. The topological polar surface area (TPSA) is 90.1 Å². The average Bonchev–Trinajstić information content (AvgIpc) is 2.94. The predicted octanol–water partition coefficient (Wildman–Crippen LogP) is 2.58. The number of tetrazole rings is 1. The zero-order valence-electron chi connectivity index (χ0n) is 12.3. The molecule has 0 amide bonds. The van der Waals surface area contributed by atoms with Crippen molar-refractivity contribution in [1.82, 2.24) is 20.2 Å². The van der Waals surface area contributed by atoms with Crippen molar-refractivity contribution in [2.45, 2.75) is 32.9 Å². The van der Waals surface area contributed by atoms with Crippen LogP contribution in [0.2, 0.25) is 5.02 Å². The molecule has 2 atom stereocenters. The van der Waals surface area contributed by atoms with Crippen molar-refractivity contribution in [2.75, 3.05) is 0 Å². The Morgan fingerprint density at radius 3 is 2.68 bits per heavy atom. The molecule has 2 rings (SSSR count). The molecule has 2 unspecified atom stereocenters. The van der Waals surface area contributed by atoms with Gasteiger partial charge in [0.1, 0.15) is 12.4 Å². The first kappa shape index (κ1) is 16.2. The Hall–Kier alpha value is -2.15. The Morgan fingerprint density at radius 2 is 2.09 bits per heavy atom. The molecule has 0 radical (unpaired) electrons. The van der Waals surface area contributed by atoms with E-state index in [1.54, 1.807) is 24.3 Å². The van der Waals surface area contributed by atoms with E-state index in [2.05, 4.69) is 15.5 Å². The fourth-order valence-corrected chi connectivity index (χ4v) is 2.14. The molecular formula is C14H17ClN4O3. The lowest BCUT2D eigenvalue weighted by molar-refractivity contribution is -0.143. The van der Waals surface area contributed by atoms with Crippen LogP contribution in [0.3, 0.4) is 0 Å². The van der Waals surface area contributed by atoms with Crippen molar-refractivity contribution in [2.24, 2.45) is 5.92 Å². The zero-order chi connectivity index (χ0) is 16.1. The first-order valence-corrected chi connectivity index (χ1v) is 7.28. The Balaban J connectivity index is 2.14. The summed E-state index contributed by atoms with van der Waals surface area (Å²) in [6, 6.07) is 6.04. The van der Waals surface area contributed by atoms with Crippen LogP contribution in [0.5, 0.6) is 5.75 Å². The van der Waals surface area contributed by atoms with Gasteiger partial charge >= 0.3 is 5.97 Å². The Kier molecular flexibility index (Phi) is 5.32. The van der Waals surface area contributed by atoms with Gasteiger partial charge in [-0.15, -0.1) is 5.10 Å². The number of carbonyl (C=O) groups is 1. The smallest absolute Gasteiger partial charge is 0.328 e. The van der Waals surface area contributed by atoms with Gasteiger partial charge in [0, 0.05) is 5.02 Å². The molecule has 0 spiro atoms. The number of halogens is 1. The van der Waals surface area contributed by atoms with Crippen LogP contribution in [-0.4, -0.2) is 31.3 Å². The van der Waals surface area contributed by atoms with E-state index in [0.29, 0.717) is 23.0 Å². The highest BCUT2D eigenvalue weighted by Crippen LogP contribution is 2.22. The number of hydrogen-bond donors (Lipinski definition) is 1. The normalized spacial score (nSPS) is 13.6. The van der Waals surface area contributed by atoms with Crippen LogP contribution in [0.4, 0.5) is 0 Å². The summed E-state index contributed by atoms with van der Waals surface area (Å²) in [5.41, 5.74) is 0. The number of aliphatic carboxylic acids is 1. The maximum atomic E-state index is 11.5. The van der Waals surface area contributed by atoms with Gasteiger partial charge in [0.15, 0.2) is 11.9 Å². The van der Waals surface area contributed by atoms with E-state index in [0.717, 1.165) is 0 Å². The minimum Gasteiger partial charge on any atom is -0.486 e. The number of ether oxygens (including phenoxy) is 1. The second-order valence-corrected chi connectivity index (χ2v) is 5.39. The van der Waals surface area contributed by atoms with Gasteiger partial charge in [-0.05, 0) is 40.6 Å². The molecule has 7 nitrogen and oxygen atoms in total. The summed E-state index contributed by atoms with van der Waals surface area (Å²) in [5.74, 6) is -0.0957. The van der Waals surface area contributed by atoms with E-state index in [-0.39, 0.29) is 12.5 Å². The predicted molar refractivity (Wildman–Crippen MR) is 79.7 cm³/mol. The van der Waals surface area contributed by atoms with E-state index in [1.165, 1.54) is 4.68 Å². The standard InChI is InChI=1S/C14H17ClN4O3/c1-3-9(2)13(14(20)21)19-12(16-17-18-19)8-22-11-6-4-10(15)5-7-11/h4-7,9,13H,3,8H2,1-2H3,(H,20,21). The van der Waals surface area contributed by atoms with Crippen LogP contribution in [-0.2, 0) is 11.4 Å². The van der Waals surface area contributed by atoms with E-state index < -0.39 is 12.0 Å². The molecule has 0 bridgehead atoms. The largest absolute Gasteiger partial charge is 0.486 e. The fraction of sp³-hybridized carbons (Fsp3) is 0.429. The van der Waals surface area contributed by atoms with Crippen molar-refractivity contribution >= 4 is 17.6 Å². The van der Waals surface area contributed by atoms with E-state index in [1.807, 2.05) is 13.8 Å². The van der Waals surface area contributed by atoms with Crippen LogP contribution in [0.1, 0.15) is 32.1 Å². The maximum Gasteiger partial charge on any atom is 0.328 e. The first-order chi connectivity index (χ1) is 10.5. The number of benzene rings is 1. The minimum atomic E-state index is -0.964. The van der Waals surface area contributed by atoms with Crippen molar-refractivity contribution in [3.05, 3.63) is 35.1 Å². The molecule has 2 aromatic rings. The lowest BCUT2D eigenvalue weighted by Crippen LogP contribution is -2.28. The molecule has 0 fully saturated rings. The molecule has 1 heterocycles. The Labute approximate surface area is 132 Å².